The maximum absolute atomic E-state index is 11.2. The molecule has 1 heterocycles. The van der Waals surface area contributed by atoms with Gasteiger partial charge in [0.15, 0.2) is 0 Å². The van der Waals surface area contributed by atoms with Crippen LogP contribution in [0.2, 0.25) is 0 Å². The molecule has 1 aliphatic rings. The van der Waals surface area contributed by atoms with Crippen molar-refractivity contribution in [2.24, 2.45) is 0 Å². The normalized spacial score (nSPS) is 16.0. The van der Waals surface area contributed by atoms with Crippen molar-refractivity contribution in [2.75, 3.05) is 5.73 Å². The summed E-state index contributed by atoms with van der Waals surface area (Å²) in [6.45, 7) is 0. The first kappa shape index (κ1) is 10.1. The van der Waals surface area contributed by atoms with Crippen molar-refractivity contribution >= 4 is 22.7 Å². The second-order valence-electron chi connectivity index (χ2n) is 4.41. The van der Waals surface area contributed by atoms with Crippen molar-refractivity contribution in [1.82, 2.24) is 9.55 Å². The van der Waals surface area contributed by atoms with Gasteiger partial charge in [0.2, 0.25) is 5.82 Å². The van der Waals surface area contributed by atoms with E-state index in [0.29, 0.717) is 11.2 Å². The highest BCUT2D eigenvalue weighted by Crippen LogP contribution is 2.36. The largest absolute Gasteiger partial charge is 0.475 e. The van der Waals surface area contributed by atoms with Gasteiger partial charge in [0.1, 0.15) is 5.52 Å². The van der Waals surface area contributed by atoms with E-state index in [1.54, 1.807) is 6.07 Å². The number of anilines is 1. The number of hydrogen-bond acceptors (Lipinski definition) is 3. The number of nitrogens with zero attached hydrogens (tertiary/aromatic N) is 2. The summed E-state index contributed by atoms with van der Waals surface area (Å²) >= 11 is 0. The minimum absolute atomic E-state index is 0.0996. The van der Waals surface area contributed by atoms with Crippen molar-refractivity contribution < 1.29 is 9.90 Å². The van der Waals surface area contributed by atoms with E-state index >= 15 is 0 Å². The number of rotatable bonds is 2. The zero-order valence-electron chi connectivity index (χ0n) is 9.26. The molecule has 1 fully saturated rings. The predicted molar refractivity (Wildman–Crippen MR) is 64.0 cm³/mol. The van der Waals surface area contributed by atoms with Crippen molar-refractivity contribution in [3.05, 3.63) is 24.0 Å². The molecule has 0 aliphatic heterocycles. The summed E-state index contributed by atoms with van der Waals surface area (Å²) in [6.07, 6.45) is 3.17. The maximum atomic E-state index is 11.2. The molecule has 0 saturated heterocycles. The quantitative estimate of drug-likeness (QED) is 0.775. The average molecular weight is 231 g/mol. The SMILES string of the molecule is Nc1cccc2c1nc(C(=O)O)n2C1CCC1. The van der Waals surface area contributed by atoms with E-state index in [0.717, 1.165) is 24.8 Å². The lowest BCUT2D eigenvalue weighted by Gasteiger charge is -2.28. The topological polar surface area (TPSA) is 81.1 Å². The highest BCUT2D eigenvalue weighted by molar-refractivity contribution is 5.94. The average Bonchev–Trinajstić information content (AvgIpc) is 2.57. The molecule has 2 aromatic rings. The second kappa shape index (κ2) is 3.48. The fourth-order valence-corrected chi connectivity index (χ4v) is 2.30. The summed E-state index contributed by atoms with van der Waals surface area (Å²) in [5.74, 6) is -0.893. The molecule has 1 saturated carbocycles. The third-order valence-corrected chi connectivity index (χ3v) is 3.38. The molecule has 1 aromatic carbocycles. The first-order valence-electron chi connectivity index (χ1n) is 5.68. The first-order valence-corrected chi connectivity index (χ1v) is 5.68. The molecule has 5 nitrogen and oxygen atoms in total. The van der Waals surface area contributed by atoms with Gasteiger partial charge in [-0.15, -0.1) is 0 Å². The standard InChI is InChI=1S/C12H13N3O2/c13-8-5-2-6-9-10(8)14-11(12(16)17)15(9)7-3-1-4-7/h2,5-7H,1,3-4,13H2,(H,16,17). The van der Waals surface area contributed by atoms with E-state index in [-0.39, 0.29) is 11.9 Å². The number of fused-ring (bicyclic) bond motifs is 1. The highest BCUT2D eigenvalue weighted by atomic mass is 16.4. The van der Waals surface area contributed by atoms with Crippen LogP contribution in [0.3, 0.4) is 0 Å². The Morgan fingerprint density at radius 3 is 2.82 bits per heavy atom. The van der Waals surface area contributed by atoms with Gasteiger partial charge in [0.25, 0.3) is 0 Å². The molecule has 0 amide bonds. The van der Waals surface area contributed by atoms with Gasteiger partial charge < -0.3 is 15.4 Å². The van der Waals surface area contributed by atoms with Crippen LogP contribution in [-0.4, -0.2) is 20.6 Å². The summed E-state index contributed by atoms with van der Waals surface area (Å²) in [4.78, 5) is 15.4. The van der Waals surface area contributed by atoms with Gasteiger partial charge in [0, 0.05) is 6.04 Å². The summed E-state index contributed by atoms with van der Waals surface area (Å²) in [5.41, 5.74) is 7.78. The molecule has 1 aromatic heterocycles. The molecule has 17 heavy (non-hydrogen) atoms. The van der Waals surface area contributed by atoms with Crippen LogP contribution in [0.4, 0.5) is 5.69 Å². The van der Waals surface area contributed by atoms with Gasteiger partial charge in [-0.05, 0) is 31.4 Å². The van der Waals surface area contributed by atoms with Gasteiger partial charge >= 0.3 is 5.97 Å². The van der Waals surface area contributed by atoms with E-state index < -0.39 is 5.97 Å². The van der Waals surface area contributed by atoms with Gasteiger partial charge in [-0.3, -0.25) is 0 Å². The molecular formula is C12H13N3O2. The van der Waals surface area contributed by atoms with E-state index in [2.05, 4.69) is 4.98 Å². The summed E-state index contributed by atoms with van der Waals surface area (Å²) in [6, 6.07) is 5.71. The van der Waals surface area contributed by atoms with Crippen molar-refractivity contribution in [1.29, 1.82) is 0 Å². The Bertz CT molecular complexity index is 599. The Morgan fingerprint density at radius 2 is 2.24 bits per heavy atom. The monoisotopic (exact) mass is 231 g/mol. The van der Waals surface area contributed by atoms with E-state index in [1.807, 2.05) is 16.7 Å². The smallest absolute Gasteiger partial charge is 0.372 e. The Kier molecular flexibility index (Phi) is 2.07. The van der Waals surface area contributed by atoms with Crippen LogP contribution < -0.4 is 5.73 Å². The Morgan fingerprint density at radius 1 is 1.47 bits per heavy atom. The molecule has 88 valence electrons. The fraction of sp³-hybridized carbons (Fsp3) is 0.333. The highest BCUT2D eigenvalue weighted by Gasteiger charge is 2.27. The second-order valence-corrected chi connectivity index (χ2v) is 4.41. The summed E-state index contributed by atoms with van der Waals surface area (Å²) in [5, 5.41) is 9.20. The number of carboxylic acids is 1. The minimum atomic E-state index is -0.993. The lowest BCUT2D eigenvalue weighted by atomic mass is 9.92. The third kappa shape index (κ3) is 1.39. The Labute approximate surface area is 97.9 Å². The van der Waals surface area contributed by atoms with E-state index in [1.165, 1.54) is 0 Å². The van der Waals surface area contributed by atoms with Gasteiger partial charge in [-0.2, -0.15) is 0 Å². The third-order valence-electron chi connectivity index (χ3n) is 3.38. The van der Waals surface area contributed by atoms with Crippen LogP contribution in [0.1, 0.15) is 35.9 Å². The number of benzene rings is 1. The number of imidazole rings is 1. The Hall–Kier alpha value is -2.04. The predicted octanol–water partition coefficient (Wildman–Crippen LogP) is 2.04. The lowest BCUT2D eigenvalue weighted by molar-refractivity contribution is 0.0672. The molecule has 3 rings (SSSR count). The van der Waals surface area contributed by atoms with Crippen LogP contribution in [-0.2, 0) is 0 Å². The molecule has 0 atom stereocenters. The molecule has 1 aliphatic carbocycles. The van der Waals surface area contributed by atoms with Crippen molar-refractivity contribution in [3.8, 4) is 0 Å². The van der Waals surface area contributed by atoms with Crippen LogP contribution in [0.25, 0.3) is 11.0 Å². The summed E-state index contributed by atoms with van der Waals surface area (Å²) < 4.78 is 1.82. The molecule has 0 spiro atoms. The molecule has 0 bridgehead atoms. The van der Waals surface area contributed by atoms with Crippen molar-refractivity contribution in [3.63, 3.8) is 0 Å². The number of para-hydroxylation sites is 1. The Balaban J connectivity index is 2.31. The van der Waals surface area contributed by atoms with Gasteiger partial charge in [-0.25, -0.2) is 9.78 Å². The zero-order chi connectivity index (χ0) is 12.0. The minimum Gasteiger partial charge on any atom is -0.475 e. The zero-order valence-corrected chi connectivity index (χ0v) is 9.26. The van der Waals surface area contributed by atoms with Crippen molar-refractivity contribution in [2.45, 2.75) is 25.3 Å². The van der Waals surface area contributed by atoms with Gasteiger partial charge in [0.05, 0.1) is 11.2 Å². The van der Waals surface area contributed by atoms with Crippen LogP contribution >= 0.6 is 0 Å². The number of carboxylic acid groups (broad SMARTS) is 1. The number of nitrogens with two attached hydrogens (primary N) is 1. The molecule has 0 unspecified atom stereocenters. The number of carbonyl (C=O) groups is 1. The number of hydrogen-bond donors (Lipinski definition) is 2. The first-order chi connectivity index (χ1) is 8.18. The maximum Gasteiger partial charge on any atom is 0.372 e. The molecule has 0 radical (unpaired) electrons. The molecular weight excluding hydrogens is 218 g/mol. The van der Waals surface area contributed by atoms with Crippen LogP contribution in [0.15, 0.2) is 18.2 Å². The van der Waals surface area contributed by atoms with E-state index in [9.17, 15) is 9.90 Å². The fourth-order valence-electron chi connectivity index (χ4n) is 2.30. The molecule has 5 heteroatoms. The number of aromatic nitrogens is 2. The number of aromatic carboxylic acids is 1. The van der Waals surface area contributed by atoms with Crippen LogP contribution in [0, 0.1) is 0 Å². The van der Waals surface area contributed by atoms with E-state index in [4.69, 9.17) is 5.73 Å². The van der Waals surface area contributed by atoms with Gasteiger partial charge in [-0.1, -0.05) is 6.07 Å². The lowest BCUT2D eigenvalue weighted by Crippen LogP contribution is -2.21. The number of nitrogen functional groups attached to an aromatic ring is 1. The molecule has 3 N–H and O–H groups in total. The summed E-state index contributed by atoms with van der Waals surface area (Å²) in [7, 11) is 0. The van der Waals surface area contributed by atoms with Crippen LogP contribution in [0.5, 0.6) is 0 Å².